The number of alkyl carbamates (subject to hydrolysis) is 1. The minimum absolute atomic E-state index is 0.0263. The molecule has 0 aliphatic rings. The maximum Gasteiger partial charge on any atom is 0.408 e. The number of esters is 1. The van der Waals surface area contributed by atoms with Crippen LogP contribution in [-0.2, 0) is 14.3 Å². The fourth-order valence-corrected chi connectivity index (χ4v) is 2.44. The van der Waals surface area contributed by atoms with E-state index in [1.165, 1.54) is 0 Å². The lowest BCUT2D eigenvalue weighted by Crippen LogP contribution is -2.31. The minimum Gasteiger partial charge on any atom is -0.452 e. The molecule has 5 nitrogen and oxygen atoms in total. The van der Waals surface area contributed by atoms with Crippen LogP contribution >= 0.6 is 0 Å². The van der Waals surface area contributed by atoms with Crippen LogP contribution < -0.4 is 5.32 Å². The van der Waals surface area contributed by atoms with Crippen molar-refractivity contribution >= 4 is 12.1 Å². The van der Waals surface area contributed by atoms with Crippen molar-refractivity contribution in [2.24, 2.45) is 11.3 Å². The first-order valence-corrected chi connectivity index (χ1v) is 7.74. The van der Waals surface area contributed by atoms with Crippen LogP contribution in [0.3, 0.4) is 0 Å². The topological polar surface area (TPSA) is 64.6 Å². The molecule has 5 heteroatoms. The highest BCUT2D eigenvalue weighted by Crippen LogP contribution is 2.31. The Labute approximate surface area is 139 Å². The van der Waals surface area contributed by atoms with Gasteiger partial charge < -0.3 is 14.8 Å². The fourth-order valence-electron chi connectivity index (χ4n) is 2.44. The van der Waals surface area contributed by atoms with E-state index < -0.39 is 6.09 Å². The largest absolute Gasteiger partial charge is 0.452 e. The Morgan fingerprint density at radius 1 is 1.17 bits per heavy atom. The summed E-state index contributed by atoms with van der Waals surface area (Å²) in [5.41, 5.74) is 0.0657. The quantitative estimate of drug-likeness (QED) is 0.496. The van der Waals surface area contributed by atoms with Crippen molar-refractivity contribution in [3.8, 4) is 24.7 Å². The maximum atomic E-state index is 11.4. The zero-order valence-corrected chi connectivity index (χ0v) is 14.3. The van der Waals surface area contributed by atoms with Crippen molar-refractivity contribution in [1.29, 1.82) is 0 Å². The smallest absolute Gasteiger partial charge is 0.408 e. The zero-order chi connectivity index (χ0) is 17.7. The van der Waals surface area contributed by atoms with Gasteiger partial charge in [-0.25, -0.2) is 4.79 Å². The molecule has 1 N–H and O–H groups in total. The lowest BCUT2D eigenvalue weighted by atomic mass is 9.79. The Morgan fingerprint density at radius 2 is 1.78 bits per heavy atom. The maximum absolute atomic E-state index is 11.4. The van der Waals surface area contributed by atoms with E-state index in [1.54, 1.807) is 0 Å². The molecule has 0 radical (unpaired) electrons. The number of hydrogen-bond donors (Lipinski definition) is 1. The third-order valence-corrected chi connectivity index (χ3v) is 3.33. The van der Waals surface area contributed by atoms with Crippen molar-refractivity contribution in [3.05, 3.63) is 0 Å². The van der Waals surface area contributed by atoms with Crippen LogP contribution in [0.25, 0.3) is 0 Å². The predicted molar refractivity (Wildman–Crippen MR) is 89.4 cm³/mol. The van der Waals surface area contributed by atoms with Gasteiger partial charge in [0.25, 0.3) is 0 Å². The Morgan fingerprint density at radius 3 is 2.39 bits per heavy atom. The second-order valence-electron chi connectivity index (χ2n) is 6.35. The van der Waals surface area contributed by atoms with E-state index in [2.05, 4.69) is 37.9 Å². The van der Waals surface area contributed by atoms with Crippen LogP contribution in [0.2, 0.25) is 0 Å². The summed E-state index contributed by atoms with van der Waals surface area (Å²) < 4.78 is 9.58. The van der Waals surface area contributed by atoms with Gasteiger partial charge in [0, 0.05) is 13.0 Å². The van der Waals surface area contributed by atoms with Crippen molar-refractivity contribution in [1.82, 2.24) is 5.32 Å². The Hall–Kier alpha value is -2.14. The molecule has 23 heavy (non-hydrogen) atoms. The van der Waals surface area contributed by atoms with E-state index in [0.717, 1.165) is 19.3 Å². The SMILES string of the molecule is C#CCOC(=O)CCCC(C)(C)CC(C)CNC(=O)OCC#C. The highest BCUT2D eigenvalue weighted by atomic mass is 16.5. The number of carbonyl (C=O) groups is 2. The molecule has 128 valence electrons. The molecule has 0 aliphatic heterocycles. The second kappa shape index (κ2) is 11.4. The number of terminal acetylenes is 2. The first-order valence-electron chi connectivity index (χ1n) is 7.74. The minimum atomic E-state index is -0.496. The molecule has 1 atom stereocenters. The molecule has 1 amide bonds. The summed E-state index contributed by atoms with van der Waals surface area (Å²) >= 11 is 0. The van der Waals surface area contributed by atoms with Crippen LogP contribution in [0.1, 0.15) is 46.5 Å². The first-order chi connectivity index (χ1) is 10.8. The first kappa shape index (κ1) is 20.9. The molecule has 1 unspecified atom stereocenters. The van der Waals surface area contributed by atoms with Gasteiger partial charge in [-0.2, -0.15) is 0 Å². The van der Waals surface area contributed by atoms with Gasteiger partial charge in [0.2, 0.25) is 0 Å². The normalized spacial score (nSPS) is 11.7. The molecule has 0 spiro atoms. The van der Waals surface area contributed by atoms with E-state index >= 15 is 0 Å². The highest BCUT2D eigenvalue weighted by molar-refractivity contribution is 5.69. The number of hydrogen-bond acceptors (Lipinski definition) is 4. The van der Waals surface area contributed by atoms with Crippen molar-refractivity contribution in [3.63, 3.8) is 0 Å². The molecule has 0 rings (SSSR count). The van der Waals surface area contributed by atoms with Gasteiger partial charge in [-0.1, -0.05) is 32.6 Å². The third kappa shape index (κ3) is 12.1. The summed E-state index contributed by atoms with van der Waals surface area (Å²) in [4.78, 5) is 22.7. The zero-order valence-electron chi connectivity index (χ0n) is 14.3. The Balaban J connectivity index is 3.96. The second-order valence-corrected chi connectivity index (χ2v) is 6.35. The van der Waals surface area contributed by atoms with Crippen molar-refractivity contribution < 1.29 is 19.1 Å². The molecule has 0 aromatic rings. The number of nitrogens with one attached hydrogen (secondary N) is 1. The van der Waals surface area contributed by atoms with E-state index in [9.17, 15) is 9.59 Å². The van der Waals surface area contributed by atoms with Crippen LogP contribution in [-0.4, -0.2) is 31.8 Å². The molecule has 0 heterocycles. The van der Waals surface area contributed by atoms with Gasteiger partial charge >= 0.3 is 12.1 Å². The van der Waals surface area contributed by atoms with Crippen LogP contribution in [0.15, 0.2) is 0 Å². The highest BCUT2D eigenvalue weighted by Gasteiger charge is 2.21. The summed E-state index contributed by atoms with van der Waals surface area (Å²) in [5.74, 6) is 4.54. The molecule has 0 saturated carbocycles. The molecule has 0 saturated heterocycles. The standard InChI is InChI=1S/C18H27NO4/c1-6-11-22-16(20)9-8-10-18(4,5)13-15(3)14-19-17(21)23-12-7-2/h1-2,15H,8-14H2,3-5H3,(H,19,21). The molecule has 0 bridgehead atoms. The summed E-state index contributed by atoms with van der Waals surface area (Å²) in [6.45, 7) is 6.88. The Bertz CT molecular complexity index is 457. The van der Waals surface area contributed by atoms with Gasteiger partial charge in [-0.15, -0.1) is 12.8 Å². The number of ether oxygens (including phenoxy) is 2. The van der Waals surface area contributed by atoms with E-state index in [0.29, 0.717) is 13.0 Å². The molecule has 0 aliphatic carbocycles. The number of carbonyl (C=O) groups excluding carboxylic acids is 2. The van der Waals surface area contributed by atoms with E-state index in [1.807, 2.05) is 0 Å². The number of rotatable bonds is 10. The van der Waals surface area contributed by atoms with Crippen LogP contribution in [0.5, 0.6) is 0 Å². The predicted octanol–water partition coefficient (Wildman–Crippen LogP) is 2.74. The van der Waals surface area contributed by atoms with Crippen molar-refractivity contribution in [2.45, 2.75) is 46.5 Å². The van der Waals surface area contributed by atoms with E-state index in [-0.39, 0.29) is 30.5 Å². The lowest BCUT2D eigenvalue weighted by Gasteiger charge is -2.28. The van der Waals surface area contributed by atoms with Gasteiger partial charge in [0.1, 0.15) is 0 Å². The monoisotopic (exact) mass is 321 g/mol. The lowest BCUT2D eigenvalue weighted by molar-refractivity contribution is -0.142. The molecule has 0 fully saturated rings. The Kier molecular flexibility index (Phi) is 10.4. The van der Waals surface area contributed by atoms with E-state index in [4.69, 9.17) is 22.3 Å². The van der Waals surface area contributed by atoms with Gasteiger partial charge in [-0.05, 0) is 30.6 Å². The summed E-state index contributed by atoms with van der Waals surface area (Å²) in [7, 11) is 0. The van der Waals surface area contributed by atoms with Gasteiger partial charge in [0.05, 0.1) is 0 Å². The molecule has 0 aromatic carbocycles. The average Bonchev–Trinajstić information content (AvgIpc) is 2.48. The molecular weight excluding hydrogens is 294 g/mol. The molecule has 0 aromatic heterocycles. The van der Waals surface area contributed by atoms with Gasteiger partial charge in [0.15, 0.2) is 13.2 Å². The summed E-state index contributed by atoms with van der Waals surface area (Å²) in [6, 6.07) is 0. The third-order valence-electron chi connectivity index (χ3n) is 3.33. The fraction of sp³-hybridized carbons (Fsp3) is 0.667. The average molecular weight is 321 g/mol. The van der Waals surface area contributed by atoms with Crippen molar-refractivity contribution in [2.75, 3.05) is 19.8 Å². The van der Waals surface area contributed by atoms with Gasteiger partial charge in [-0.3, -0.25) is 4.79 Å². The summed E-state index contributed by atoms with van der Waals surface area (Å²) in [5, 5.41) is 2.69. The molecular formula is C18H27NO4. The van der Waals surface area contributed by atoms with Crippen LogP contribution in [0.4, 0.5) is 4.79 Å². The summed E-state index contributed by atoms with van der Waals surface area (Å²) in [6.07, 6.45) is 12.5. The number of amides is 1. The van der Waals surface area contributed by atoms with Crippen LogP contribution in [0, 0.1) is 36.0 Å².